The molecule has 20 heavy (non-hydrogen) atoms. The van der Waals surface area contributed by atoms with Crippen LogP contribution in [0.25, 0.3) is 0 Å². The van der Waals surface area contributed by atoms with E-state index in [0.29, 0.717) is 18.0 Å². The number of benzene rings is 1. The highest BCUT2D eigenvalue weighted by Crippen LogP contribution is 2.38. The van der Waals surface area contributed by atoms with Crippen LogP contribution in [-0.2, 0) is 0 Å². The molecule has 1 aliphatic carbocycles. The summed E-state index contributed by atoms with van der Waals surface area (Å²) in [5.41, 5.74) is 2.11. The van der Waals surface area contributed by atoms with E-state index in [4.69, 9.17) is 0 Å². The molecule has 1 heterocycles. The van der Waals surface area contributed by atoms with Crippen molar-refractivity contribution in [2.75, 3.05) is 0 Å². The van der Waals surface area contributed by atoms with E-state index in [2.05, 4.69) is 17.2 Å². The van der Waals surface area contributed by atoms with Gasteiger partial charge in [0.15, 0.2) is 0 Å². The van der Waals surface area contributed by atoms with Crippen LogP contribution in [0.3, 0.4) is 0 Å². The van der Waals surface area contributed by atoms with Crippen molar-refractivity contribution in [3.05, 3.63) is 65.7 Å². The van der Waals surface area contributed by atoms with E-state index in [9.17, 15) is 4.39 Å². The second-order valence-electron chi connectivity index (χ2n) is 5.56. The van der Waals surface area contributed by atoms with Crippen molar-refractivity contribution in [2.24, 2.45) is 0 Å². The molecule has 2 nitrogen and oxygen atoms in total. The average molecular weight is 270 g/mol. The van der Waals surface area contributed by atoms with Crippen LogP contribution in [0, 0.1) is 5.82 Å². The Morgan fingerprint density at radius 3 is 2.55 bits per heavy atom. The monoisotopic (exact) mass is 270 g/mol. The van der Waals surface area contributed by atoms with E-state index in [0.717, 1.165) is 18.4 Å². The molecule has 0 radical (unpaired) electrons. The maximum absolute atomic E-state index is 13.7. The number of aromatic nitrogens is 1. The molecule has 0 amide bonds. The summed E-state index contributed by atoms with van der Waals surface area (Å²) in [6.07, 6.45) is 5.65. The Labute approximate surface area is 119 Å². The topological polar surface area (TPSA) is 24.9 Å². The van der Waals surface area contributed by atoms with Gasteiger partial charge in [-0.1, -0.05) is 18.2 Å². The fourth-order valence-electron chi connectivity index (χ4n) is 2.92. The molecule has 104 valence electrons. The molecule has 3 rings (SSSR count). The maximum Gasteiger partial charge on any atom is 0.126 e. The summed E-state index contributed by atoms with van der Waals surface area (Å²) < 4.78 is 13.7. The molecule has 1 N–H and O–H groups in total. The first-order valence-corrected chi connectivity index (χ1v) is 7.14. The Kier molecular flexibility index (Phi) is 3.79. The molecule has 2 aromatic rings. The molecule has 0 spiro atoms. The molecular weight excluding hydrogens is 251 g/mol. The van der Waals surface area contributed by atoms with Crippen LogP contribution in [0.4, 0.5) is 4.39 Å². The van der Waals surface area contributed by atoms with E-state index in [1.807, 2.05) is 36.7 Å². The van der Waals surface area contributed by atoms with Crippen molar-refractivity contribution in [1.82, 2.24) is 10.3 Å². The number of rotatable bonds is 4. The third kappa shape index (κ3) is 2.73. The third-order valence-corrected chi connectivity index (χ3v) is 4.17. The Morgan fingerprint density at radius 1 is 1.15 bits per heavy atom. The Balaban J connectivity index is 1.55. The highest BCUT2D eigenvalue weighted by atomic mass is 19.1. The molecule has 0 unspecified atom stereocenters. The van der Waals surface area contributed by atoms with Gasteiger partial charge in [0.05, 0.1) is 0 Å². The van der Waals surface area contributed by atoms with Crippen molar-refractivity contribution in [3.63, 3.8) is 0 Å². The summed E-state index contributed by atoms with van der Waals surface area (Å²) in [4.78, 5) is 4.03. The van der Waals surface area contributed by atoms with Crippen LogP contribution < -0.4 is 5.32 Å². The number of hydrogen-bond donors (Lipinski definition) is 1. The minimum Gasteiger partial charge on any atom is -0.307 e. The third-order valence-electron chi connectivity index (χ3n) is 4.17. The lowest BCUT2D eigenvalue weighted by atomic mass is 9.75. The molecule has 1 atom stereocenters. The number of pyridine rings is 1. The largest absolute Gasteiger partial charge is 0.307 e. The van der Waals surface area contributed by atoms with Gasteiger partial charge in [-0.3, -0.25) is 4.98 Å². The van der Waals surface area contributed by atoms with Gasteiger partial charge in [-0.05, 0) is 55.0 Å². The minimum absolute atomic E-state index is 0.0712. The summed E-state index contributed by atoms with van der Waals surface area (Å²) in [7, 11) is 0. The minimum atomic E-state index is -0.0712. The lowest BCUT2D eigenvalue weighted by molar-refractivity contribution is 0.266. The van der Waals surface area contributed by atoms with Crippen LogP contribution in [0.15, 0.2) is 48.8 Å². The first-order valence-electron chi connectivity index (χ1n) is 7.14. The number of nitrogens with one attached hydrogen (secondary N) is 1. The lowest BCUT2D eigenvalue weighted by Crippen LogP contribution is -2.41. The fourth-order valence-corrected chi connectivity index (χ4v) is 2.92. The van der Waals surface area contributed by atoms with Gasteiger partial charge in [0.2, 0.25) is 0 Å². The fraction of sp³-hybridized carbons (Fsp3) is 0.353. The van der Waals surface area contributed by atoms with Gasteiger partial charge >= 0.3 is 0 Å². The van der Waals surface area contributed by atoms with E-state index in [-0.39, 0.29) is 5.82 Å². The first kappa shape index (κ1) is 13.3. The summed E-state index contributed by atoms with van der Waals surface area (Å²) >= 11 is 0. The van der Waals surface area contributed by atoms with Gasteiger partial charge < -0.3 is 5.32 Å². The zero-order valence-corrected chi connectivity index (χ0v) is 11.6. The summed E-state index contributed by atoms with van der Waals surface area (Å²) in [5.74, 6) is 0.288. The van der Waals surface area contributed by atoms with Crippen LogP contribution in [0.1, 0.15) is 42.9 Å². The quantitative estimate of drug-likeness (QED) is 0.913. The van der Waals surface area contributed by atoms with Gasteiger partial charge in [0.25, 0.3) is 0 Å². The molecule has 0 saturated heterocycles. The molecular formula is C17H19FN2. The highest BCUT2D eigenvalue weighted by molar-refractivity contribution is 5.25. The second kappa shape index (κ2) is 5.71. The zero-order chi connectivity index (χ0) is 13.9. The summed E-state index contributed by atoms with van der Waals surface area (Å²) in [5, 5.41) is 3.60. The van der Waals surface area contributed by atoms with Crippen LogP contribution in [0.2, 0.25) is 0 Å². The average Bonchev–Trinajstić information content (AvgIpc) is 2.44. The normalized spacial score (nSPS) is 23.1. The highest BCUT2D eigenvalue weighted by Gasteiger charge is 2.32. The van der Waals surface area contributed by atoms with E-state index < -0.39 is 0 Å². The Bertz CT molecular complexity index is 564. The van der Waals surface area contributed by atoms with Crippen LogP contribution in [-0.4, -0.2) is 11.0 Å². The summed E-state index contributed by atoms with van der Waals surface area (Å²) in [6, 6.07) is 12.0. The van der Waals surface area contributed by atoms with Gasteiger partial charge in [-0.2, -0.15) is 0 Å². The van der Waals surface area contributed by atoms with Crippen LogP contribution >= 0.6 is 0 Å². The predicted molar refractivity (Wildman–Crippen MR) is 78.0 cm³/mol. The smallest absolute Gasteiger partial charge is 0.126 e. The van der Waals surface area contributed by atoms with Crippen molar-refractivity contribution in [3.8, 4) is 0 Å². The van der Waals surface area contributed by atoms with E-state index in [1.165, 1.54) is 5.56 Å². The number of halogens is 1. The van der Waals surface area contributed by atoms with Gasteiger partial charge in [0, 0.05) is 24.5 Å². The maximum atomic E-state index is 13.7. The Morgan fingerprint density at radius 2 is 1.85 bits per heavy atom. The molecule has 1 aliphatic rings. The van der Waals surface area contributed by atoms with Crippen molar-refractivity contribution < 1.29 is 4.39 Å². The molecule has 1 fully saturated rings. The summed E-state index contributed by atoms with van der Waals surface area (Å²) in [6.45, 7) is 2.16. The Hall–Kier alpha value is -1.74. The molecule has 1 aromatic carbocycles. The molecule has 1 aromatic heterocycles. The molecule has 0 bridgehead atoms. The first-order chi connectivity index (χ1) is 9.74. The number of nitrogens with zero attached hydrogens (tertiary/aromatic N) is 1. The standard InChI is InChI=1S/C17H19FN2/c1-12(13-6-8-19-9-7-13)20-15-10-14(11-15)16-4-2-3-5-17(16)18/h2-9,12,14-15,20H,10-11H2,1H3/t12-,14?,15?/m0/s1. The number of hydrogen-bond acceptors (Lipinski definition) is 2. The van der Waals surface area contributed by atoms with Gasteiger partial charge in [-0.15, -0.1) is 0 Å². The van der Waals surface area contributed by atoms with E-state index in [1.54, 1.807) is 12.1 Å². The predicted octanol–water partition coefficient (Wildman–Crippen LogP) is 3.82. The zero-order valence-electron chi connectivity index (χ0n) is 11.6. The van der Waals surface area contributed by atoms with E-state index >= 15 is 0 Å². The molecule has 3 heteroatoms. The second-order valence-corrected chi connectivity index (χ2v) is 5.56. The molecule has 0 aliphatic heterocycles. The molecule has 1 saturated carbocycles. The van der Waals surface area contributed by atoms with Crippen molar-refractivity contribution >= 4 is 0 Å². The van der Waals surface area contributed by atoms with Gasteiger partial charge in [-0.25, -0.2) is 4.39 Å². The van der Waals surface area contributed by atoms with Crippen molar-refractivity contribution in [2.45, 2.75) is 37.8 Å². The SMILES string of the molecule is C[C@H](NC1CC(c2ccccc2F)C1)c1ccncc1. The van der Waals surface area contributed by atoms with Crippen LogP contribution in [0.5, 0.6) is 0 Å². The van der Waals surface area contributed by atoms with Crippen molar-refractivity contribution in [1.29, 1.82) is 0 Å². The van der Waals surface area contributed by atoms with Gasteiger partial charge in [0.1, 0.15) is 5.82 Å². The lowest BCUT2D eigenvalue weighted by Gasteiger charge is -2.38.